The molecule has 1 aromatic heterocycles. The topological polar surface area (TPSA) is 71.3 Å². The van der Waals surface area contributed by atoms with Gasteiger partial charge in [0.25, 0.3) is 0 Å². The van der Waals surface area contributed by atoms with Crippen LogP contribution >= 0.6 is 0 Å². The van der Waals surface area contributed by atoms with Crippen LogP contribution in [0.15, 0.2) is 10.5 Å². The first-order valence-corrected chi connectivity index (χ1v) is 3.42. The van der Waals surface area contributed by atoms with Crippen molar-refractivity contribution < 1.29 is 14.0 Å². The highest BCUT2D eigenvalue weighted by Gasteiger charge is 2.18. The van der Waals surface area contributed by atoms with E-state index >= 15 is 0 Å². The van der Waals surface area contributed by atoms with E-state index in [1.54, 1.807) is 0 Å². The lowest BCUT2D eigenvalue weighted by Crippen LogP contribution is -2.26. The normalized spacial score (nSPS) is 14.5. The summed E-state index contributed by atoms with van der Waals surface area (Å²) < 4.78 is 5.01. The monoisotopic (exact) mass is 166 g/mol. The average molecular weight is 166 g/mol. The third-order valence-electron chi connectivity index (χ3n) is 1.55. The number of carbonyl (C=O) groups is 2. The molecule has 1 aliphatic heterocycles. The van der Waals surface area contributed by atoms with E-state index in [-0.39, 0.29) is 18.2 Å². The number of anilines is 2. The highest BCUT2D eigenvalue weighted by molar-refractivity contribution is 6.00. The van der Waals surface area contributed by atoms with Crippen LogP contribution in [0.2, 0.25) is 0 Å². The van der Waals surface area contributed by atoms with E-state index in [1.165, 1.54) is 6.07 Å². The molecule has 1 amide bonds. The predicted octanol–water partition coefficient (Wildman–Crippen LogP) is 0.456. The molecule has 0 radical (unpaired) electrons. The van der Waals surface area contributed by atoms with Gasteiger partial charge in [0.1, 0.15) is 5.69 Å². The number of amides is 1. The Balaban J connectivity index is 2.40. The van der Waals surface area contributed by atoms with Crippen LogP contribution in [0.4, 0.5) is 11.6 Å². The molecule has 1 aromatic rings. The molecule has 0 fully saturated rings. The summed E-state index contributed by atoms with van der Waals surface area (Å²) in [5.41, 5.74) is 0.522. The van der Waals surface area contributed by atoms with Crippen LogP contribution in [0, 0.1) is 0 Å². The van der Waals surface area contributed by atoms with E-state index < -0.39 is 0 Å². The van der Waals surface area contributed by atoms with Gasteiger partial charge in [-0.1, -0.05) is 0 Å². The van der Waals surface area contributed by atoms with Crippen molar-refractivity contribution >= 4 is 23.8 Å². The van der Waals surface area contributed by atoms with E-state index in [9.17, 15) is 9.59 Å². The highest BCUT2D eigenvalue weighted by atomic mass is 16.4. The van der Waals surface area contributed by atoms with Crippen molar-refractivity contribution in [1.82, 2.24) is 0 Å². The van der Waals surface area contributed by atoms with Crippen molar-refractivity contribution in [2.75, 3.05) is 17.2 Å². The molecule has 0 saturated carbocycles. The smallest absolute Gasteiger partial charge is 0.243 e. The van der Waals surface area contributed by atoms with Crippen LogP contribution in [0.25, 0.3) is 0 Å². The van der Waals surface area contributed by atoms with Gasteiger partial charge in [-0.2, -0.15) is 0 Å². The number of hydrogen-bond acceptors (Lipinski definition) is 4. The molecule has 62 valence electrons. The van der Waals surface area contributed by atoms with Crippen molar-refractivity contribution in [3.8, 4) is 0 Å². The van der Waals surface area contributed by atoms with Crippen LogP contribution < -0.4 is 10.6 Å². The van der Waals surface area contributed by atoms with Crippen LogP contribution in [-0.2, 0) is 4.79 Å². The molecule has 0 aromatic carbocycles. The number of carbonyl (C=O) groups excluding carboxylic acids is 2. The fourth-order valence-electron chi connectivity index (χ4n) is 1.05. The second-order valence-electron chi connectivity index (χ2n) is 2.41. The maximum absolute atomic E-state index is 10.8. The van der Waals surface area contributed by atoms with Gasteiger partial charge in [0.05, 0.1) is 6.54 Å². The highest BCUT2D eigenvalue weighted by Crippen LogP contribution is 2.27. The molecule has 2 rings (SSSR count). The lowest BCUT2D eigenvalue weighted by atomic mass is 10.3. The maximum Gasteiger partial charge on any atom is 0.243 e. The standard InChI is InChI=1S/C7H6N2O3/c10-3-4-1-5-7(12-4)8-2-6(11)9-5/h1,3,8H,2H2,(H,9,11). The Hall–Kier alpha value is -1.78. The molecular formula is C7H6N2O3. The minimum absolute atomic E-state index is 0.138. The van der Waals surface area contributed by atoms with E-state index in [2.05, 4.69) is 10.6 Å². The van der Waals surface area contributed by atoms with Gasteiger partial charge >= 0.3 is 0 Å². The number of rotatable bonds is 1. The Bertz CT molecular complexity index is 342. The molecule has 5 heteroatoms. The Labute approximate surface area is 67.7 Å². The molecule has 0 bridgehead atoms. The summed E-state index contributed by atoms with van der Waals surface area (Å²) in [7, 11) is 0. The molecule has 2 N–H and O–H groups in total. The predicted molar refractivity (Wildman–Crippen MR) is 41.2 cm³/mol. The molecular weight excluding hydrogens is 160 g/mol. The summed E-state index contributed by atoms with van der Waals surface area (Å²) in [6.45, 7) is 0.179. The second-order valence-corrected chi connectivity index (χ2v) is 2.41. The molecule has 0 saturated heterocycles. The van der Waals surface area contributed by atoms with Crippen molar-refractivity contribution in [1.29, 1.82) is 0 Å². The number of aldehydes is 1. The van der Waals surface area contributed by atoms with Gasteiger partial charge in [0.2, 0.25) is 11.8 Å². The summed E-state index contributed by atoms with van der Waals surface area (Å²) in [5, 5.41) is 5.29. The molecule has 2 heterocycles. The third-order valence-corrected chi connectivity index (χ3v) is 1.55. The summed E-state index contributed by atoms with van der Waals surface area (Å²) in [4.78, 5) is 21.1. The summed E-state index contributed by atoms with van der Waals surface area (Å²) in [6, 6.07) is 1.48. The molecule has 5 nitrogen and oxygen atoms in total. The third kappa shape index (κ3) is 0.952. The quantitative estimate of drug-likeness (QED) is 0.594. The van der Waals surface area contributed by atoms with Gasteiger partial charge in [-0.15, -0.1) is 0 Å². The van der Waals surface area contributed by atoms with Crippen molar-refractivity contribution in [2.45, 2.75) is 0 Å². The number of fused-ring (bicyclic) bond motifs is 1. The van der Waals surface area contributed by atoms with Crippen LogP contribution in [0.5, 0.6) is 0 Å². The van der Waals surface area contributed by atoms with E-state index in [4.69, 9.17) is 4.42 Å². The number of nitrogens with one attached hydrogen (secondary N) is 2. The van der Waals surface area contributed by atoms with Crippen LogP contribution in [0.1, 0.15) is 10.6 Å². The fraction of sp³-hybridized carbons (Fsp3) is 0.143. The van der Waals surface area contributed by atoms with Gasteiger partial charge in [-0.05, 0) is 0 Å². The zero-order valence-electron chi connectivity index (χ0n) is 6.09. The summed E-state index contributed by atoms with van der Waals surface area (Å²) >= 11 is 0. The molecule has 0 atom stereocenters. The Morgan fingerprint density at radius 1 is 1.58 bits per heavy atom. The van der Waals surface area contributed by atoms with E-state index in [1.807, 2.05) is 0 Å². The molecule has 0 unspecified atom stereocenters. The number of furan rings is 1. The lowest BCUT2D eigenvalue weighted by molar-refractivity contribution is -0.114. The van der Waals surface area contributed by atoms with Crippen molar-refractivity contribution in [3.63, 3.8) is 0 Å². The van der Waals surface area contributed by atoms with Gasteiger partial charge in [-0.25, -0.2) is 0 Å². The minimum Gasteiger partial charge on any atom is -0.436 e. The largest absolute Gasteiger partial charge is 0.436 e. The molecule has 0 aliphatic carbocycles. The zero-order chi connectivity index (χ0) is 8.55. The molecule has 1 aliphatic rings. The maximum atomic E-state index is 10.8. The Morgan fingerprint density at radius 2 is 2.42 bits per heavy atom. The van der Waals surface area contributed by atoms with Gasteiger partial charge in [0, 0.05) is 6.07 Å². The second kappa shape index (κ2) is 2.37. The van der Waals surface area contributed by atoms with Crippen molar-refractivity contribution in [3.05, 3.63) is 11.8 Å². The summed E-state index contributed by atoms with van der Waals surface area (Å²) in [6.07, 6.45) is 0.589. The molecule has 12 heavy (non-hydrogen) atoms. The first kappa shape index (κ1) is 6.90. The van der Waals surface area contributed by atoms with Crippen molar-refractivity contribution in [2.24, 2.45) is 0 Å². The zero-order valence-corrected chi connectivity index (χ0v) is 6.09. The van der Waals surface area contributed by atoms with Gasteiger partial charge < -0.3 is 15.1 Å². The van der Waals surface area contributed by atoms with E-state index in [0.29, 0.717) is 17.9 Å². The van der Waals surface area contributed by atoms with E-state index in [0.717, 1.165) is 0 Å². The molecule has 0 spiro atoms. The lowest BCUT2D eigenvalue weighted by Gasteiger charge is -2.11. The number of hydrogen-bond donors (Lipinski definition) is 2. The van der Waals surface area contributed by atoms with Gasteiger partial charge in [0.15, 0.2) is 12.0 Å². The Kier molecular flexibility index (Phi) is 1.36. The van der Waals surface area contributed by atoms with Gasteiger partial charge in [-0.3, -0.25) is 9.59 Å². The first-order chi connectivity index (χ1) is 5.79. The minimum atomic E-state index is -0.138. The van der Waals surface area contributed by atoms with Crippen LogP contribution in [-0.4, -0.2) is 18.7 Å². The average Bonchev–Trinajstić information content (AvgIpc) is 2.46. The Morgan fingerprint density at radius 3 is 3.17 bits per heavy atom. The fourth-order valence-corrected chi connectivity index (χ4v) is 1.05. The first-order valence-electron chi connectivity index (χ1n) is 3.42. The summed E-state index contributed by atoms with van der Waals surface area (Å²) in [5.74, 6) is 0.507. The van der Waals surface area contributed by atoms with Crippen LogP contribution in [0.3, 0.4) is 0 Å². The SMILES string of the molecule is O=Cc1cc2c(o1)NCC(=O)N2.